The summed E-state index contributed by atoms with van der Waals surface area (Å²) in [5, 5.41) is 7.90. The zero-order valence-corrected chi connectivity index (χ0v) is 12.6. The van der Waals surface area contributed by atoms with Crippen LogP contribution in [0.2, 0.25) is 0 Å². The third-order valence-electron chi connectivity index (χ3n) is 3.53. The van der Waals surface area contributed by atoms with Gasteiger partial charge in [0.1, 0.15) is 0 Å². The van der Waals surface area contributed by atoms with Gasteiger partial charge in [-0.25, -0.2) is 0 Å². The first-order chi connectivity index (χ1) is 9.79. The molecule has 20 heavy (non-hydrogen) atoms. The number of aryl methyl sites for hydroxylation is 2. The van der Waals surface area contributed by atoms with Crippen molar-refractivity contribution < 1.29 is 0 Å². The topological polar surface area (TPSA) is 29.9 Å². The molecule has 0 spiro atoms. The lowest BCUT2D eigenvalue weighted by molar-refractivity contribution is 0.639. The minimum Gasteiger partial charge on any atom is -0.317 e. The fraction of sp³-hybridized carbons (Fsp3) is 0.471. The molecule has 0 aliphatic rings. The van der Waals surface area contributed by atoms with Crippen LogP contribution in [0.5, 0.6) is 0 Å². The van der Waals surface area contributed by atoms with E-state index in [1.54, 1.807) is 0 Å². The number of nitrogens with one attached hydrogen (secondary N) is 1. The van der Waals surface area contributed by atoms with Gasteiger partial charge in [-0.3, -0.25) is 4.68 Å². The molecule has 3 nitrogen and oxygen atoms in total. The number of rotatable bonds is 8. The number of nitrogens with zero attached hydrogens (tertiary/aromatic N) is 2. The first kappa shape index (κ1) is 14.8. The number of benzene rings is 1. The second kappa shape index (κ2) is 7.85. The van der Waals surface area contributed by atoms with E-state index in [1.165, 1.54) is 29.5 Å². The molecule has 0 unspecified atom stereocenters. The van der Waals surface area contributed by atoms with Gasteiger partial charge in [0, 0.05) is 6.20 Å². The van der Waals surface area contributed by atoms with E-state index >= 15 is 0 Å². The normalized spacial score (nSPS) is 10.9. The van der Waals surface area contributed by atoms with Crippen LogP contribution >= 0.6 is 0 Å². The van der Waals surface area contributed by atoms with E-state index in [2.05, 4.69) is 54.7 Å². The Morgan fingerprint density at radius 3 is 2.85 bits per heavy atom. The molecule has 1 N–H and O–H groups in total. The van der Waals surface area contributed by atoms with E-state index in [0.29, 0.717) is 0 Å². The van der Waals surface area contributed by atoms with Crippen LogP contribution in [0.3, 0.4) is 0 Å². The van der Waals surface area contributed by atoms with Gasteiger partial charge in [-0.1, -0.05) is 31.2 Å². The molecule has 108 valence electrons. The molecule has 0 amide bonds. The molecule has 2 rings (SSSR count). The van der Waals surface area contributed by atoms with Crippen LogP contribution < -0.4 is 5.32 Å². The summed E-state index contributed by atoms with van der Waals surface area (Å²) in [4.78, 5) is 0. The lowest BCUT2D eigenvalue weighted by Gasteiger charge is -2.05. The molecule has 0 atom stereocenters. The molecule has 0 bridgehead atoms. The first-order valence-electron chi connectivity index (χ1n) is 7.56. The van der Waals surface area contributed by atoms with E-state index in [4.69, 9.17) is 0 Å². The van der Waals surface area contributed by atoms with Crippen molar-refractivity contribution in [3.8, 4) is 0 Å². The van der Waals surface area contributed by atoms with Crippen LogP contribution in [-0.4, -0.2) is 22.9 Å². The largest absolute Gasteiger partial charge is 0.317 e. The average Bonchev–Trinajstić information content (AvgIpc) is 2.89. The second-order valence-corrected chi connectivity index (χ2v) is 5.33. The predicted molar refractivity (Wildman–Crippen MR) is 84.0 cm³/mol. The van der Waals surface area contributed by atoms with Crippen molar-refractivity contribution in [3.63, 3.8) is 0 Å². The zero-order chi connectivity index (χ0) is 14.2. The van der Waals surface area contributed by atoms with Crippen LogP contribution in [0.1, 0.15) is 36.5 Å². The number of hydrogen-bond acceptors (Lipinski definition) is 2. The maximum atomic E-state index is 4.46. The summed E-state index contributed by atoms with van der Waals surface area (Å²) in [6.45, 7) is 7.42. The summed E-state index contributed by atoms with van der Waals surface area (Å²) in [5.41, 5.74) is 4.00. The van der Waals surface area contributed by atoms with Gasteiger partial charge in [-0.2, -0.15) is 5.10 Å². The second-order valence-electron chi connectivity index (χ2n) is 5.33. The van der Waals surface area contributed by atoms with E-state index in [1.807, 2.05) is 10.9 Å². The summed E-state index contributed by atoms with van der Waals surface area (Å²) >= 11 is 0. The Labute approximate surface area is 122 Å². The van der Waals surface area contributed by atoms with Crippen molar-refractivity contribution in [2.45, 2.75) is 39.7 Å². The Hall–Kier alpha value is -1.61. The number of aromatic nitrogens is 2. The Morgan fingerprint density at radius 1 is 1.20 bits per heavy atom. The lowest BCUT2D eigenvalue weighted by atomic mass is 10.1. The lowest BCUT2D eigenvalue weighted by Crippen LogP contribution is -2.16. The molecule has 0 saturated carbocycles. The molecule has 1 heterocycles. The molecule has 0 radical (unpaired) electrons. The molecule has 0 saturated heterocycles. The van der Waals surface area contributed by atoms with E-state index in [9.17, 15) is 0 Å². The smallest absolute Gasteiger partial charge is 0.0662 e. The van der Waals surface area contributed by atoms with Gasteiger partial charge in [0.15, 0.2) is 0 Å². The van der Waals surface area contributed by atoms with E-state index in [0.717, 1.165) is 26.1 Å². The summed E-state index contributed by atoms with van der Waals surface area (Å²) in [6, 6.07) is 8.49. The molecule has 1 aromatic carbocycles. The highest BCUT2D eigenvalue weighted by Crippen LogP contribution is 2.10. The van der Waals surface area contributed by atoms with Crippen LogP contribution in [0.4, 0.5) is 0 Å². The van der Waals surface area contributed by atoms with Gasteiger partial charge in [-0.15, -0.1) is 0 Å². The Morgan fingerprint density at radius 2 is 2.05 bits per heavy atom. The summed E-state index contributed by atoms with van der Waals surface area (Å²) < 4.78 is 2.04. The van der Waals surface area contributed by atoms with Crippen molar-refractivity contribution in [1.82, 2.24) is 15.1 Å². The van der Waals surface area contributed by atoms with Gasteiger partial charge >= 0.3 is 0 Å². The van der Waals surface area contributed by atoms with Crippen molar-refractivity contribution in [2.24, 2.45) is 0 Å². The van der Waals surface area contributed by atoms with Crippen molar-refractivity contribution in [2.75, 3.05) is 13.1 Å². The summed E-state index contributed by atoms with van der Waals surface area (Å²) in [7, 11) is 0. The highest BCUT2D eigenvalue weighted by molar-refractivity contribution is 5.25. The molecule has 0 fully saturated rings. The highest BCUT2D eigenvalue weighted by atomic mass is 15.3. The third kappa shape index (κ3) is 4.49. The van der Waals surface area contributed by atoms with Gasteiger partial charge in [0.25, 0.3) is 0 Å². The van der Waals surface area contributed by atoms with Crippen LogP contribution in [-0.2, 0) is 13.0 Å². The molecule has 3 heteroatoms. The van der Waals surface area contributed by atoms with Gasteiger partial charge in [0.2, 0.25) is 0 Å². The van der Waals surface area contributed by atoms with Crippen molar-refractivity contribution >= 4 is 0 Å². The van der Waals surface area contributed by atoms with Crippen molar-refractivity contribution in [3.05, 3.63) is 53.3 Å². The Balaban J connectivity index is 1.82. The minimum atomic E-state index is 0.862. The van der Waals surface area contributed by atoms with Gasteiger partial charge in [0.05, 0.1) is 12.7 Å². The SMILES string of the molecule is CCCNCCCc1cnn(Cc2ccccc2C)c1. The molecule has 1 aromatic heterocycles. The van der Waals surface area contributed by atoms with E-state index < -0.39 is 0 Å². The van der Waals surface area contributed by atoms with Crippen molar-refractivity contribution in [1.29, 1.82) is 0 Å². The van der Waals surface area contributed by atoms with Gasteiger partial charge < -0.3 is 5.32 Å². The Kier molecular flexibility index (Phi) is 5.81. The monoisotopic (exact) mass is 271 g/mol. The first-order valence-corrected chi connectivity index (χ1v) is 7.56. The minimum absolute atomic E-state index is 0.862. The maximum absolute atomic E-state index is 4.46. The van der Waals surface area contributed by atoms with Crippen LogP contribution in [0.25, 0.3) is 0 Å². The maximum Gasteiger partial charge on any atom is 0.0662 e. The third-order valence-corrected chi connectivity index (χ3v) is 3.53. The Bertz CT molecular complexity index is 516. The van der Waals surface area contributed by atoms with E-state index in [-0.39, 0.29) is 0 Å². The molecule has 0 aliphatic carbocycles. The zero-order valence-electron chi connectivity index (χ0n) is 12.6. The molecular formula is C17H25N3. The highest BCUT2D eigenvalue weighted by Gasteiger charge is 2.01. The quantitative estimate of drug-likeness (QED) is 0.747. The standard InChI is InChI=1S/C17H25N3/c1-3-10-18-11-6-8-16-12-19-20(13-16)14-17-9-5-4-7-15(17)2/h4-5,7,9,12-13,18H,3,6,8,10-11,14H2,1-2H3. The fourth-order valence-electron chi connectivity index (χ4n) is 2.30. The molecule has 0 aliphatic heterocycles. The number of hydrogen-bond donors (Lipinski definition) is 1. The van der Waals surface area contributed by atoms with Crippen LogP contribution in [0.15, 0.2) is 36.7 Å². The van der Waals surface area contributed by atoms with Crippen LogP contribution in [0, 0.1) is 6.92 Å². The average molecular weight is 271 g/mol. The summed E-state index contributed by atoms with van der Waals surface area (Å²) in [5.74, 6) is 0. The predicted octanol–water partition coefficient (Wildman–Crippen LogP) is 3.17. The fourth-order valence-corrected chi connectivity index (χ4v) is 2.30. The molecular weight excluding hydrogens is 246 g/mol. The molecule has 2 aromatic rings. The van der Waals surface area contributed by atoms with Gasteiger partial charge in [-0.05, 0) is 56.0 Å². The summed E-state index contributed by atoms with van der Waals surface area (Å²) in [6.07, 6.45) is 7.65.